The zero-order chi connectivity index (χ0) is 22.4. The molecule has 0 aromatic heterocycles. The Balaban J connectivity index is 1.38. The van der Waals surface area contributed by atoms with Gasteiger partial charge >= 0.3 is 0 Å². The first-order chi connectivity index (χ1) is 15.5. The summed E-state index contributed by atoms with van der Waals surface area (Å²) in [6.07, 6.45) is -0.153. The largest absolute Gasteiger partial charge is 0.379 e. The number of nitrogens with one attached hydrogen (secondary N) is 1. The van der Waals surface area contributed by atoms with Gasteiger partial charge in [-0.05, 0) is 17.7 Å². The first-order valence-electron chi connectivity index (χ1n) is 10.9. The molecule has 9 heteroatoms. The van der Waals surface area contributed by atoms with Crippen molar-refractivity contribution in [1.29, 1.82) is 0 Å². The van der Waals surface area contributed by atoms with Crippen molar-refractivity contribution >= 4 is 15.9 Å². The molecule has 2 heterocycles. The molecule has 0 spiro atoms. The molecule has 1 atom stereocenters. The predicted molar refractivity (Wildman–Crippen MR) is 120 cm³/mol. The van der Waals surface area contributed by atoms with Gasteiger partial charge in [-0.25, -0.2) is 8.42 Å². The van der Waals surface area contributed by atoms with Gasteiger partial charge in [0.05, 0.1) is 36.4 Å². The second-order valence-corrected chi connectivity index (χ2v) is 9.84. The standard InChI is InChI=1S/C23H29N3O5S/c27-23(21-8-4-5-9-22(21)32(28,29)26-11-13-30-14-12-26)24-16-20-18-25(10-15-31-20)17-19-6-2-1-3-7-19/h1-9,20H,10-18H2,(H,24,27). The molecule has 0 bridgehead atoms. The minimum atomic E-state index is -3.77. The number of sulfonamides is 1. The number of hydrogen-bond acceptors (Lipinski definition) is 6. The number of carbonyl (C=O) groups is 1. The molecule has 2 aromatic rings. The summed E-state index contributed by atoms with van der Waals surface area (Å²) in [5, 5.41) is 2.87. The molecular weight excluding hydrogens is 430 g/mol. The molecule has 4 rings (SSSR count). The second kappa shape index (κ2) is 10.5. The van der Waals surface area contributed by atoms with E-state index in [-0.39, 0.29) is 29.7 Å². The lowest BCUT2D eigenvalue weighted by Crippen LogP contribution is -2.47. The van der Waals surface area contributed by atoms with Crippen LogP contribution in [-0.4, -0.2) is 82.2 Å². The van der Waals surface area contributed by atoms with Crippen LogP contribution in [-0.2, 0) is 26.0 Å². The van der Waals surface area contributed by atoms with Gasteiger partial charge in [0.2, 0.25) is 10.0 Å². The van der Waals surface area contributed by atoms with Gasteiger partial charge in [0, 0.05) is 39.3 Å². The van der Waals surface area contributed by atoms with E-state index in [2.05, 4.69) is 22.3 Å². The maximum absolute atomic E-state index is 13.1. The van der Waals surface area contributed by atoms with Crippen molar-refractivity contribution in [3.8, 4) is 0 Å². The van der Waals surface area contributed by atoms with E-state index in [9.17, 15) is 13.2 Å². The lowest BCUT2D eigenvalue weighted by atomic mass is 10.2. The second-order valence-electron chi connectivity index (χ2n) is 7.94. The first-order valence-corrected chi connectivity index (χ1v) is 12.3. The van der Waals surface area contributed by atoms with Crippen LogP contribution in [0.2, 0.25) is 0 Å². The lowest BCUT2D eigenvalue weighted by Gasteiger charge is -2.33. The van der Waals surface area contributed by atoms with Crippen LogP contribution < -0.4 is 5.32 Å². The molecule has 0 radical (unpaired) electrons. The highest BCUT2D eigenvalue weighted by molar-refractivity contribution is 7.89. The number of morpholine rings is 2. The van der Waals surface area contributed by atoms with Crippen molar-refractivity contribution in [1.82, 2.24) is 14.5 Å². The number of ether oxygens (including phenoxy) is 2. The molecule has 32 heavy (non-hydrogen) atoms. The fourth-order valence-corrected chi connectivity index (χ4v) is 5.59. The monoisotopic (exact) mass is 459 g/mol. The summed E-state index contributed by atoms with van der Waals surface area (Å²) in [5.74, 6) is -0.416. The minimum Gasteiger partial charge on any atom is -0.379 e. The molecule has 172 valence electrons. The van der Waals surface area contributed by atoms with Crippen molar-refractivity contribution in [3.63, 3.8) is 0 Å². The third kappa shape index (κ3) is 5.54. The highest BCUT2D eigenvalue weighted by Gasteiger charge is 2.30. The average molecular weight is 460 g/mol. The van der Waals surface area contributed by atoms with Gasteiger partial charge in [-0.3, -0.25) is 9.69 Å². The number of carbonyl (C=O) groups excluding carboxylic acids is 1. The fourth-order valence-electron chi connectivity index (χ4n) is 4.00. The van der Waals surface area contributed by atoms with Crippen molar-refractivity contribution in [2.24, 2.45) is 0 Å². The summed E-state index contributed by atoms with van der Waals surface area (Å²) >= 11 is 0. The minimum absolute atomic E-state index is 0.0228. The molecule has 2 fully saturated rings. The Labute approximate surface area is 189 Å². The van der Waals surface area contributed by atoms with Gasteiger partial charge in [-0.1, -0.05) is 42.5 Å². The van der Waals surface area contributed by atoms with Crippen molar-refractivity contribution in [2.75, 3.05) is 52.5 Å². The van der Waals surface area contributed by atoms with Crippen LogP contribution in [0.1, 0.15) is 15.9 Å². The zero-order valence-corrected chi connectivity index (χ0v) is 18.8. The Bertz CT molecular complexity index is 1010. The summed E-state index contributed by atoms with van der Waals surface area (Å²) in [7, 11) is -3.77. The normalized spacial score (nSPS) is 20.7. The molecular formula is C23H29N3O5S. The van der Waals surface area contributed by atoms with E-state index in [0.29, 0.717) is 32.9 Å². The summed E-state index contributed by atoms with van der Waals surface area (Å²) in [6, 6.07) is 16.6. The van der Waals surface area contributed by atoms with Crippen LogP contribution in [0, 0.1) is 0 Å². The van der Waals surface area contributed by atoms with Crippen molar-refractivity contribution in [3.05, 3.63) is 65.7 Å². The predicted octanol–water partition coefficient (Wildman–Crippen LogP) is 1.34. The van der Waals surface area contributed by atoms with Crippen LogP contribution in [0.15, 0.2) is 59.5 Å². The summed E-state index contributed by atoms with van der Waals surface area (Å²) in [4.78, 5) is 15.2. The van der Waals surface area contributed by atoms with E-state index < -0.39 is 15.9 Å². The number of benzene rings is 2. The highest BCUT2D eigenvalue weighted by atomic mass is 32.2. The summed E-state index contributed by atoms with van der Waals surface area (Å²) < 4.78 is 38.6. The van der Waals surface area contributed by atoms with Crippen molar-refractivity contribution < 1.29 is 22.7 Å². The molecule has 1 N–H and O–H groups in total. The first kappa shape index (κ1) is 22.9. The molecule has 1 unspecified atom stereocenters. The Morgan fingerprint density at radius 1 is 0.969 bits per heavy atom. The molecule has 0 saturated carbocycles. The SMILES string of the molecule is O=C(NCC1CN(Cc2ccccc2)CCO1)c1ccccc1S(=O)(=O)N1CCOCC1. The fraction of sp³-hybridized carbons (Fsp3) is 0.435. The van der Waals surface area contributed by atoms with Gasteiger partial charge < -0.3 is 14.8 Å². The Morgan fingerprint density at radius 2 is 1.69 bits per heavy atom. The van der Waals surface area contributed by atoms with E-state index in [1.165, 1.54) is 15.9 Å². The topological polar surface area (TPSA) is 88.2 Å². The van der Waals surface area contributed by atoms with Crippen LogP contribution in [0.5, 0.6) is 0 Å². The number of rotatable bonds is 7. The lowest BCUT2D eigenvalue weighted by molar-refractivity contribution is -0.0292. The van der Waals surface area contributed by atoms with Crippen LogP contribution >= 0.6 is 0 Å². The molecule has 2 aromatic carbocycles. The smallest absolute Gasteiger partial charge is 0.252 e. The van der Waals surface area contributed by atoms with E-state index >= 15 is 0 Å². The number of hydrogen-bond donors (Lipinski definition) is 1. The van der Waals surface area contributed by atoms with Crippen LogP contribution in [0.3, 0.4) is 0 Å². The summed E-state index contributed by atoms with van der Waals surface area (Å²) in [5.41, 5.74) is 1.38. The number of nitrogens with zero attached hydrogens (tertiary/aromatic N) is 2. The molecule has 2 aliphatic heterocycles. The van der Waals surface area contributed by atoms with E-state index in [0.717, 1.165) is 13.1 Å². The number of amides is 1. The van der Waals surface area contributed by atoms with Crippen LogP contribution in [0.4, 0.5) is 0 Å². The maximum Gasteiger partial charge on any atom is 0.252 e. The molecule has 8 nitrogen and oxygen atoms in total. The average Bonchev–Trinajstić information content (AvgIpc) is 2.84. The van der Waals surface area contributed by atoms with Gasteiger partial charge in [0.25, 0.3) is 5.91 Å². The van der Waals surface area contributed by atoms with Crippen molar-refractivity contribution in [2.45, 2.75) is 17.5 Å². The molecule has 2 aliphatic rings. The Kier molecular flexibility index (Phi) is 7.54. The van der Waals surface area contributed by atoms with E-state index in [1.54, 1.807) is 18.2 Å². The highest BCUT2D eigenvalue weighted by Crippen LogP contribution is 2.21. The maximum atomic E-state index is 13.1. The Hall–Kier alpha value is -2.30. The quantitative estimate of drug-likeness (QED) is 0.672. The van der Waals surface area contributed by atoms with E-state index in [4.69, 9.17) is 9.47 Å². The van der Waals surface area contributed by atoms with Gasteiger partial charge in [-0.2, -0.15) is 4.31 Å². The van der Waals surface area contributed by atoms with Gasteiger partial charge in [0.1, 0.15) is 0 Å². The van der Waals surface area contributed by atoms with Gasteiger partial charge in [0.15, 0.2) is 0 Å². The third-order valence-electron chi connectivity index (χ3n) is 5.68. The van der Waals surface area contributed by atoms with Gasteiger partial charge in [-0.15, -0.1) is 0 Å². The Morgan fingerprint density at radius 3 is 2.47 bits per heavy atom. The zero-order valence-electron chi connectivity index (χ0n) is 18.0. The molecule has 0 aliphatic carbocycles. The van der Waals surface area contributed by atoms with E-state index in [1.807, 2.05) is 18.2 Å². The molecule has 2 saturated heterocycles. The molecule has 1 amide bonds. The third-order valence-corrected chi connectivity index (χ3v) is 7.64. The van der Waals surface area contributed by atoms with Crippen LogP contribution in [0.25, 0.3) is 0 Å². The summed E-state index contributed by atoms with van der Waals surface area (Å²) in [6.45, 7) is 4.54.